The smallest absolute Gasteiger partial charge is 0.258 e. The number of methoxy groups -OCH3 is 1. The molecule has 0 N–H and O–H groups in total. The number of nitrogens with zero attached hydrogens (tertiary/aromatic N) is 4. The molecule has 178 valence electrons. The van der Waals surface area contributed by atoms with Crippen LogP contribution in [0.1, 0.15) is 18.4 Å². The number of likely N-dealkylation sites (tertiary alicyclic amines) is 1. The number of benzene rings is 2. The van der Waals surface area contributed by atoms with Crippen LogP contribution in [0.15, 0.2) is 77.9 Å². The van der Waals surface area contributed by atoms with Gasteiger partial charge in [0.15, 0.2) is 0 Å². The lowest BCUT2D eigenvalue weighted by molar-refractivity contribution is -0.00539. The van der Waals surface area contributed by atoms with Crippen molar-refractivity contribution < 1.29 is 9.47 Å². The molecule has 1 atom stereocenters. The number of halogens is 1. The van der Waals surface area contributed by atoms with Crippen LogP contribution in [0.25, 0.3) is 16.6 Å². The van der Waals surface area contributed by atoms with E-state index in [1.165, 1.54) is 12.5 Å². The zero-order valence-electron chi connectivity index (χ0n) is 19.2. The highest BCUT2D eigenvalue weighted by Crippen LogP contribution is 2.21. The number of pyridine rings is 1. The summed E-state index contributed by atoms with van der Waals surface area (Å²) in [5.41, 5.74) is 2.79. The van der Waals surface area contributed by atoms with Crippen molar-refractivity contribution in [2.45, 2.75) is 32.2 Å². The highest BCUT2D eigenvalue weighted by Gasteiger charge is 2.23. The molecule has 5 rings (SSSR count). The first kappa shape index (κ1) is 24.0. The third-order valence-corrected chi connectivity index (χ3v) is 6.22. The van der Waals surface area contributed by atoms with Gasteiger partial charge in [-0.1, -0.05) is 30.3 Å². The predicted molar refractivity (Wildman–Crippen MR) is 135 cm³/mol. The third-order valence-electron chi connectivity index (χ3n) is 6.22. The fraction of sp³-hybridized carbons (Fsp3) is 0.308. The molecule has 2 aromatic carbocycles. The maximum Gasteiger partial charge on any atom is 0.258 e. The van der Waals surface area contributed by atoms with Gasteiger partial charge in [-0.25, -0.2) is 0 Å². The van der Waals surface area contributed by atoms with Crippen LogP contribution in [0.3, 0.4) is 0 Å². The van der Waals surface area contributed by atoms with Crippen LogP contribution in [0.5, 0.6) is 5.75 Å². The van der Waals surface area contributed by atoms with E-state index in [9.17, 15) is 4.79 Å². The molecule has 4 aromatic rings. The van der Waals surface area contributed by atoms with Crippen LogP contribution in [-0.2, 0) is 17.9 Å². The second-order valence-corrected chi connectivity index (χ2v) is 8.32. The van der Waals surface area contributed by atoms with Gasteiger partial charge in [-0.3, -0.25) is 18.9 Å². The number of hydrogen-bond acceptors (Lipinski definition) is 5. The molecule has 0 amide bonds. The Morgan fingerprint density at radius 3 is 2.71 bits per heavy atom. The van der Waals surface area contributed by atoms with Gasteiger partial charge in [-0.2, -0.15) is 5.10 Å². The van der Waals surface area contributed by atoms with Crippen LogP contribution >= 0.6 is 12.4 Å². The van der Waals surface area contributed by atoms with Crippen molar-refractivity contribution in [2.24, 2.45) is 0 Å². The standard InChI is InChI=1S/C26H28N4O3.ClH/c1-32-26-8-5-12-28(26)14-15-30-24-10-9-22(16-21(24)18-27-30)29-13-11-23(17-25(29)31)33-19-20-6-3-2-4-7-20;/h2-4,6-7,9-11,13,16-18,26H,5,8,12,14-15,19H2,1H3;1H/t26-;/m1./s1. The van der Waals surface area contributed by atoms with Gasteiger partial charge in [-0.15, -0.1) is 12.4 Å². The second kappa shape index (κ2) is 10.9. The molecule has 7 nitrogen and oxygen atoms in total. The summed E-state index contributed by atoms with van der Waals surface area (Å²) in [6, 6.07) is 19.2. The Labute approximate surface area is 204 Å². The van der Waals surface area contributed by atoms with Gasteiger partial charge in [-0.05, 0) is 42.7 Å². The Morgan fingerprint density at radius 1 is 1.06 bits per heavy atom. The summed E-state index contributed by atoms with van der Waals surface area (Å²) in [4.78, 5) is 15.1. The largest absolute Gasteiger partial charge is 0.489 e. The zero-order chi connectivity index (χ0) is 22.6. The Hall–Kier alpha value is -3.13. The van der Waals surface area contributed by atoms with Gasteiger partial charge in [0.2, 0.25) is 0 Å². The molecule has 1 aliphatic rings. The average Bonchev–Trinajstić information content (AvgIpc) is 3.48. The minimum atomic E-state index is -0.132. The molecule has 0 aliphatic carbocycles. The Bertz CT molecular complexity index is 1290. The number of hydrogen-bond donors (Lipinski definition) is 0. The molecular weight excluding hydrogens is 452 g/mol. The van der Waals surface area contributed by atoms with Crippen molar-refractivity contribution in [3.8, 4) is 11.4 Å². The molecule has 0 unspecified atom stereocenters. The van der Waals surface area contributed by atoms with Crippen LogP contribution in [0.4, 0.5) is 0 Å². The molecule has 34 heavy (non-hydrogen) atoms. The van der Waals surface area contributed by atoms with Crippen molar-refractivity contribution >= 4 is 23.3 Å². The van der Waals surface area contributed by atoms with Gasteiger partial charge in [0.25, 0.3) is 5.56 Å². The van der Waals surface area contributed by atoms with Crippen LogP contribution < -0.4 is 10.3 Å². The maximum absolute atomic E-state index is 12.7. The number of ether oxygens (including phenoxy) is 2. The molecule has 3 heterocycles. The van der Waals surface area contributed by atoms with Gasteiger partial charge in [0.05, 0.1) is 18.3 Å². The van der Waals surface area contributed by atoms with E-state index < -0.39 is 0 Å². The topological polar surface area (TPSA) is 61.5 Å². The summed E-state index contributed by atoms with van der Waals surface area (Å²) in [6.07, 6.45) is 6.09. The highest BCUT2D eigenvalue weighted by atomic mass is 35.5. The first-order valence-corrected chi connectivity index (χ1v) is 11.3. The van der Waals surface area contributed by atoms with E-state index in [0.717, 1.165) is 48.2 Å². The Morgan fingerprint density at radius 2 is 1.91 bits per heavy atom. The van der Waals surface area contributed by atoms with E-state index in [-0.39, 0.29) is 24.2 Å². The lowest BCUT2D eigenvalue weighted by Crippen LogP contribution is -2.33. The third kappa shape index (κ3) is 5.17. The van der Waals surface area contributed by atoms with E-state index in [1.54, 1.807) is 17.9 Å². The lowest BCUT2D eigenvalue weighted by Gasteiger charge is -2.22. The number of rotatable bonds is 8. The van der Waals surface area contributed by atoms with E-state index in [2.05, 4.69) is 10.00 Å². The fourth-order valence-corrected chi connectivity index (χ4v) is 4.45. The zero-order valence-corrected chi connectivity index (χ0v) is 20.0. The normalized spacial score (nSPS) is 16.0. The molecule has 2 aromatic heterocycles. The minimum Gasteiger partial charge on any atom is -0.489 e. The van der Waals surface area contributed by atoms with E-state index >= 15 is 0 Å². The van der Waals surface area contributed by atoms with E-state index in [1.807, 2.05) is 65.5 Å². The summed E-state index contributed by atoms with van der Waals surface area (Å²) in [5.74, 6) is 0.560. The Balaban J connectivity index is 0.00000274. The quantitative estimate of drug-likeness (QED) is 0.377. The van der Waals surface area contributed by atoms with Gasteiger partial charge in [0, 0.05) is 43.5 Å². The van der Waals surface area contributed by atoms with E-state index in [0.29, 0.717) is 12.4 Å². The molecular formula is C26H29ClN4O3. The molecule has 1 aliphatic heterocycles. The predicted octanol–water partition coefficient (Wildman–Crippen LogP) is 4.26. The van der Waals surface area contributed by atoms with Crippen molar-refractivity contribution in [3.05, 3.63) is 89.0 Å². The molecule has 8 heteroatoms. The summed E-state index contributed by atoms with van der Waals surface area (Å²) < 4.78 is 15.0. The first-order valence-electron chi connectivity index (χ1n) is 11.3. The molecule has 0 spiro atoms. The second-order valence-electron chi connectivity index (χ2n) is 8.32. The lowest BCUT2D eigenvalue weighted by atomic mass is 10.2. The summed E-state index contributed by atoms with van der Waals surface area (Å²) in [6.45, 7) is 3.20. The number of aromatic nitrogens is 3. The van der Waals surface area contributed by atoms with Crippen molar-refractivity contribution in [1.29, 1.82) is 0 Å². The van der Waals surface area contributed by atoms with Gasteiger partial charge >= 0.3 is 0 Å². The summed E-state index contributed by atoms with van der Waals surface area (Å²) >= 11 is 0. The molecule has 0 saturated carbocycles. The SMILES string of the molecule is CO[C@@H]1CCCN1CCn1ncc2cc(-n3ccc(OCc4ccccc4)cc3=O)ccc21.Cl. The summed E-state index contributed by atoms with van der Waals surface area (Å²) in [5, 5.41) is 5.58. The minimum absolute atomic E-state index is 0. The van der Waals surface area contributed by atoms with Gasteiger partial charge in [0.1, 0.15) is 18.6 Å². The Kier molecular flexibility index (Phi) is 7.67. The molecule has 0 radical (unpaired) electrons. The van der Waals surface area contributed by atoms with Crippen LogP contribution in [-0.4, -0.2) is 45.7 Å². The fourth-order valence-electron chi connectivity index (χ4n) is 4.45. The monoisotopic (exact) mass is 480 g/mol. The van der Waals surface area contributed by atoms with Crippen molar-refractivity contribution in [3.63, 3.8) is 0 Å². The first-order chi connectivity index (χ1) is 16.2. The average molecular weight is 481 g/mol. The van der Waals surface area contributed by atoms with Gasteiger partial charge < -0.3 is 9.47 Å². The molecule has 0 bridgehead atoms. The molecule has 1 saturated heterocycles. The molecule has 1 fully saturated rings. The van der Waals surface area contributed by atoms with Crippen LogP contribution in [0, 0.1) is 0 Å². The summed E-state index contributed by atoms with van der Waals surface area (Å²) in [7, 11) is 1.78. The highest BCUT2D eigenvalue weighted by molar-refractivity contribution is 5.85. The number of fused-ring (bicyclic) bond motifs is 1. The van der Waals surface area contributed by atoms with Crippen LogP contribution in [0.2, 0.25) is 0 Å². The maximum atomic E-state index is 12.7. The van der Waals surface area contributed by atoms with E-state index in [4.69, 9.17) is 9.47 Å². The van der Waals surface area contributed by atoms with Crippen molar-refractivity contribution in [2.75, 3.05) is 20.2 Å². The van der Waals surface area contributed by atoms with Crippen molar-refractivity contribution in [1.82, 2.24) is 19.2 Å².